The molecule has 7 heteroatoms. The molecule has 2 aromatic heterocycles. The molecule has 0 aliphatic carbocycles. The number of H-pyrrole nitrogens is 1. The van der Waals surface area contributed by atoms with Gasteiger partial charge in [0.1, 0.15) is 11.6 Å². The van der Waals surface area contributed by atoms with E-state index in [9.17, 15) is 4.39 Å². The monoisotopic (exact) mass is 289 g/mol. The first-order valence-corrected chi connectivity index (χ1v) is 6.14. The highest BCUT2D eigenvalue weighted by molar-refractivity contribution is 6.28. The van der Waals surface area contributed by atoms with Gasteiger partial charge in [0, 0.05) is 18.0 Å². The molecule has 0 aliphatic rings. The number of nitrogens with one attached hydrogen (secondary N) is 2. The van der Waals surface area contributed by atoms with E-state index in [1.807, 2.05) is 0 Å². The van der Waals surface area contributed by atoms with E-state index < -0.39 is 5.82 Å². The second kappa shape index (κ2) is 5.26. The highest BCUT2D eigenvalue weighted by Gasteiger charge is 2.07. The predicted octanol–water partition coefficient (Wildman–Crippen LogP) is 3.40. The molecule has 3 rings (SSSR count). The maximum Gasteiger partial charge on any atom is 0.224 e. The van der Waals surface area contributed by atoms with Crippen LogP contribution in [-0.4, -0.2) is 20.2 Å². The number of aromatic amines is 1. The summed E-state index contributed by atoms with van der Waals surface area (Å²) in [6.45, 7) is 0. The first-order valence-electron chi connectivity index (χ1n) is 5.76. The van der Waals surface area contributed by atoms with Crippen LogP contribution in [0.5, 0.6) is 0 Å². The fourth-order valence-corrected chi connectivity index (χ4v) is 1.89. The Hall–Kier alpha value is -2.47. The van der Waals surface area contributed by atoms with Crippen LogP contribution in [0.4, 0.5) is 15.9 Å². The predicted molar refractivity (Wildman–Crippen MR) is 74.3 cm³/mol. The van der Waals surface area contributed by atoms with Gasteiger partial charge in [0.25, 0.3) is 0 Å². The van der Waals surface area contributed by atoms with Gasteiger partial charge in [-0.25, -0.2) is 14.4 Å². The van der Waals surface area contributed by atoms with Crippen LogP contribution in [0.15, 0.2) is 42.9 Å². The van der Waals surface area contributed by atoms with Crippen molar-refractivity contribution in [1.82, 2.24) is 20.2 Å². The normalized spacial score (nSPS) is 10.5. The molecule has 0 saturated carbocycles. The highest BCUT2D eigenvalue weighted by atomic mass is 35.5. The summed E-state index contributed by atoms with van der Waals surface area (Å²) in [6.07, 6.45) is 4.83. The van der Waals surface area contributed by atoms with Crippen molar-refractivity contribution < 1.29 is 4.39 Å². The SMILES string of the molecule is Fc1cc(-c2cn[nH]c2)ccc1Nc1ccnc(Cl)n1. The fourth-order valence-electron chi connectivity index (χ4n) is 1.75. The van der Waals surface area contributed by atoms with E-state index >= 15 is 0 Å². The molecule has 3 aromatic rings. The first kappa shape index (κ1) is 12.6. The van der Waals surface area contributed by atoms with Crippen LogP contribution in [0.1, 0.15) is 0 Å². The molecular formula is C13H9ClFN5. The van der Waals surface area contributed by atoms with Crippen molar-refractivity contribution >= 4 is 23.1 Å². The number of benzene rings is 1. The van der Waals surface area contributed by atoms with Gasteiger partial charge in [-0.1, -0.05) is 6.07 Å². The van der Waals surface area contributed by atoms with E-state index in [2.05, 4.69) is 25.5 Å². The molecule has 20 heavy (non-hydrogen) atoms. The minimum Gasteiger partial charge on any atom is -0.338 e. The van der Waals surface area contributed by atoms with Crippen molar-refractivity contribution in [2.75, 3.05) is 5.32 Å². The summed E-state index contributed by atoms with van der Waals surface area (Å²) in [5, 5.41) is 9.48. The minimum absolute atomic E-state index is 0.102. The van der Waals surface area contributed by atoms with Crippen LogP contribution < -0.4 is 5.32 Å². The third kappa shape index (κ3) is 2.60. The quantitative estimate of drug-likeness (QED) is 0.725. The maximum absolute atomic E-state index is 14.1. The molecule has 0 aliphatic heterocycles. The maximum atomic E-state index is 14.1. The van der Waals surface area contributed by atoms with Crippen molar-refractivity contribution in [3.63, 3.8) is 0 Å². The molecule has 1 aromatic carbocycles. The summed E-state index contributed by atoms with van der Waals surface area (Å²) in [6, 6.07) is 6.46. The standard InChI is InChI=1S/C13H9ClFN5/c14-13-16-4-3-12(20-13)19-11-2-1-8(5-10(11)15)9-6-17-18-7-9/h1-7H,(H,17,18)(H,16,19,20). The molecule has 0 fully saturated rings. The Morgan fingerprint density at radius 1 is 1.20 bits per heavy atom. The topological polar surface area (TPSA) is 66.5 Å². The lowest BCUT2D eigenvalue weighted by molar-refractivity contribution is 0.632. The second-order valence-corrected chi connectivity index (χ2v) is 4.36. The van der Waals surface area contributed by atoms with Gasteiger partial charge in [0.2, 0.25) is 5.28 Å². The van der Waals surface area contributed by atoms with Crippen molar-refractivity contribution in [3.8, 4) is 11.1 Å². The number of aromatic nitrogens is 4. The number of hydrogen-bond donors (Lipinski definition) is 2. The molecule has 0 atom stereocenters. The molecule has 2 heterocycles. The fraction of sp³-hybridized carbons (Fsp3) is 0. The Balaban J connectivity index is 1.88. The molecular weight excluding hydrogens is 281 g/mol. The van der Waals surface area contributed by atoms with Crippen molar-refractivity contribution in [1.29, 1.82) is 0 Å². The third-order valence-corrected chi connectivity index (χ3v) is 2.87. The van der Waals surface area contributed by atoms with Crippen LogP contribution in [0, 0.1) is 5.82 Å². The van der Waals surface area contributed by atoms with E-state index in [1.54, 1.807) is 30.6 Å². The first-order chi connectivity index (χ1) is 9.72. The van der Waals surface area contributed by atoms with Crippen LogP contribution in [0.2, 0.25) is 5.28 Å². The lowest BCUT2D eigenvalue weighted by Gasteiger charge is -2.07. The highest BCUT2D eigenvalue weighted by Crippen LogP contribution is 2.25. The van der Waals surface area contributed by atoms with Crippen molar-refractivity contribution in [2.45, 2.75) is 0 Å². The Labute approximate surface area is 118 Å². The number of halogens is 2. The van der Waals surface area contributed by atoms with E-state index in [-0.39, 0.29) is 5.28 Å². The zero-order valence-corrected chi connectivity index (χ0v) is 10.9. The Morgan fingerprint density at radius 2 is 2.10 bits per heavy atom. The van der Waals surface area contributed by atoms with Crippen LogP contribution in [0.3, 0.4) is 0 Å². The van der Waals surface area contributed by atoms with E-state index in [0.717, 1.165) is 11.1 Å². The van der Waals surface area contributed by atoms with Crippen LogP contribution >= 0.6 is 11.6 Å². The summed E-state index contributed by atoms with van der Waals surface area (Å²) in [7, 11) is 0. The third-order valence-electron chi connectivity index (χ3n) is 2.69. The lowest BCUT2D eigenvalue weighted by Crippen LogP contribution is -1.97. The Kier molecular flexibility index (Phi) is 3.30. The minimum atomic E-state index is -0.390. The van der Waals surface area contributed by atoms with Crippen LogP contribution in [-0.2, 0) is 0 Å². The summed E-state index contributed by atoms with van der Waals surface area (Å²) >= 11 is 5.68. The van der Waals surface area contributed by atoms with Gasteiger partial charge >= 0.3 is 0 Å². The van der Waals surface area contributed by atoms with Crippen molar-refractivity contribution in [2.24, 2.45) is 0 Å². The van der Waals surface area contributed by atoms with Gasteiger partial charge in [0.15, 0.2) is 0 Å². The lowest BCUT2D eigenvalue weighted by atomic mass is 10.1. The van der Waals surface area contributed by atoms with Gasteiger partial charge in [-0.15, -0.1) is 0 Å². The Bertz CT molecular complexity index is 729. The summed E-state index contributed by atoms with van der Waals surface area (Å²) in [5.41, 5.74) is 1.87. The number of anilines is 2. The van der Waals surface area contributed by atoms with Crippen molar-refractivity contribution in [3.05, 3.63) is 54.0 Å². The number of rotatable bonds is 3. The second-order valence-electron chi connectivity index (χ2n) is 4.02. The summed E-state index contributed by atoms with van der Waals surface area (Å²) in [4.78, 5) is 7.71. The molecule has 2 N–H and O–H groups in total. The molecule has 0 saturated heterocycles. The molecule has 0 bridgehead atoms. The van der Waals surface area contributed by atoms with E-state index in [1.165, 1.54) is 12.3 Å². The molecule has 0 amide bonds. The average Bonchev–Trinajstić information content (AvgIpc) is 2.95. The van der Waals surface area contributed by atoms with Crippen LogP contribution in [0.25, 0.3) is 11.1 Å². The van der Waals surface area contributed by atoms with Gasteiger partial charge < -0.3 is 5.32 Å². The molecule has 0 radical (unpaired) electrons. The zero-order valence-electron chi connectivity index (χ0n) is 10.1. The largest absolute Gasteiger partial charge is 0.338 e. The van der Waals surface area contributed by atoms with Gasteiger partial charge in [-0.05, 0) is 35.4 Å². The molecule has 5 nitrogen and oxygen atoms in total. The average molecular weight is 290 g/mol. The summed E-state index contributed by atoms with van der Waals surface area (Å²) in [5.74, 6) is 0.0402. The van der Waals surface area contributed by atoms with Gasteiger partial charge in [-0.2, -0.15) is 5.10 Å². The van der Waals surface area contributed by atoms with Gasteiger partial charge in [-0.3, -0.25) is 5.10 Å². The number of hydrogen-bond acceptors (Lipinski definition) is 4. The molecule has 100 valence electrons. The smallest absolute Gasteiger partial charge is 0.224 e. The van der Waals surface area contributed by atoms with E-state index in [0.29, 0.717) is 11.5 Å². The Morgan fingerprint density at radius 3 is 2.80 bits per heavy atom. The number of nitrogens with zero attached hydrogens (tertiary/aromatic N) is 3. The molecule has 0 unspecified atom stereocenters. The summed E-state index contributed by atoms with van der Waals surface area (Å²) < 4.78 is 14.1. The molecule has 0 spiro atoms. The van der Waals surface area contributed by atoms with Gasteiger partial charge in [0.05, 0.1) is 11.9 Å². The van der Waals surface area contributed by atoms with E-state index in [4.69, 9.17) is 11.6 Å². The zero-order chi connectivity index (χ0) is 13.9.